The van der Waals surface area contributed by atoms with Crippen molar-refractivity contribution in [1.29, 1.82) is 0 Å². The Bertz CT molecular complexity index is 725. The molecule has 2 amide bonds. The van der Waals surface area contributed by atoms with E-state index in [0.717, 1.165) is 64.2 Å². The lowest BCUT2D eigenvalue weighted by Gasteiger charge is -2.40. The molecule has 2 aliphatic heterocycles. The van der Waals surface area contributed by atoms with Gasteiger partial charge in [-0.15, -0.1) is 0 Å². The summed E-state index contributed by atoms with van der Waals surface area (Å²) in [5.74, 6) is 1.43. The molecule has 1 unspecified atom stereocenters. The largest absolute Gasteiger partial charge is 0.497 e. The van der Waals surface area contributed by atoms with Crippen LogP contribution in [0.25, 0.3) is 0 Å². The van der Waals surface area contributed by atoms with Crippen LogP contribution in [-0.4, -0.2) is 72.4 Å². The van der Waals surface area contributed by atoms with Gasteiger partial charge in [0, 0.05) is 44.7 Å². The van der Waals surface area contributed by atoms with E-state index in [-0.39, 0.29) is 29.8 Å². The number of nitrogens with zero attached hydrogens (tertiary/aromatic N) is 3. The molecule has 3 aliphatic rings. The lowest BCUT2D eigenvalue weighted by atomic mass is 10.1. The van der Waals surface area contributed by atoms with Crippen molar-refractivity contribution in [3.05, 3.63) is 29.8 Å². The summed E-state index contributed by atoms with van der Waals surface area (Å²) >= 11 is 0. The third-order valence-corrected chi connectivity index (χ3v) is 6.50. The van der Waals surface area contributed by atoms with E-state index in [4.69, 9.17) is 4.74 Å². The second kappa shape index (κ2) is 8.11. The minimum absolute atomic E-state index is 0.153. The molecule has 2 heterocycles. The van der Waals surface area contributed by atoms with E-state index in [2.05, 4.69) is 24.0 Å². The lowest BCUT2D eigenvalue weighted by molar-refractivity contribution is -0.145. The number of methoxy groups -OCH3 is 1. The lowest BCUT2D eigenvalue weighted by Crippen LogP contribution is -2.54. The second-order valence-electron chi connectivity index (χ2n) is 8.28. The van der Waals surface area contributed by atoms with E-state index in [1.54, 1.807) is 7.11 Å². The number of hydrogen-bond acceptors (Lipinski definition) is 4. The molecule has 0 spiro atoms. The first-order valence-corrected chi connectivity index (χ1v) is 10.6. The maximum absolute atomic E-state index is 13.1. The van der Waals surface area contributed by atoms with Crippen molar-refractivity contribution in [2.24, 2.45) is 5.92 Å². The van der Waals surface area contributed by atoms with Crippen molar-refractivity contribution in [1.82, 2.24) is 14.7 Å². The van der Waals surface area contributed by atoms with Crippen LogP contribution in [0.5, 0.6) is 5.75 Å². The molecule has 2 atom stereocenters. The molecular weight excluding hydrogens is 354 g/mol. The van der Waals surface area contributed by atoms with Gasteiger partial charge in [0.15, 0.2) is 0 Å². The van der Waals surface area contributed by atoms with Gasteiger partial charge >= 0.3 is 0 Å². The minimum atomic E-state index is -0.226. The van der Waals surface area contributed by atoms with Gasteiger partial charge < -0.3 is 14.5 Å². The molecule has 4 rings (SSSR count). The normalized spacial score (nSPS) is 24.3. The van der Waals surface area contributed by atoms with Crippen LogP contribution < -0.4 is 4.74 Å². The first kappa shape index (κ1) is 19.2. The van der Waals surface area contributed by atoms with Gasteiger partial charge in [0.1, 0.15) is 11.8 Å². The molecule has 0 bridgehead atoms. The van der Waals surface area contributed by atoms with Gasteiger partial charge in [0.05, 0.1) is 7.11 Å². The first-order valence-electron chi connectivity index (χ1n) is 10.6. The van der Waals surface area contributed by atoms with Gasteiger partial charge in [0.2, 0.25) is 11.8 Å². The molecule has 1 aliphatic carbocycles. The van der Waals surface area contributed by atoms with Gasteiger partial charge in [-0.25, -0.2) is 0 Å². The molecule has 6 nitrogen and oxygen atoms in total. The molecule has 6 heteroatoms. The number of carbonyl (C=O) groups excluding carboxylic acids is 2. The fourth-order valence-corrected chi connectivity index (χ4v) is 4.50. The van der Waals surface area contributed by atoms with Crippen LogP contribution in [-0.2, 0) is 9.59 Å². The minimum Gasteiger partial charge on any atom is -0.497 e. The molecule has 2 saturated heterocycles. The highest BCUT2D eigenvalue weighted by atomic mass is 16.5. The van der Waals surface area contributed by atoms with Crippen LogP contribution in [0, 0.1) is 5.92 Å². The number of piperazine rings is 1. The van der Waals surface area contributed by atoms with E-state index < -0.39 is 0 Å². The molecule has 0 N–H and O–H groups in total. The average molecular weight is 386 g/mol. The van der Waals surface area contributed by atoms with Gasteiger partial charge in [-0.1, -0.05) is 12.1 Å². The fourth-order valence-electron chi connectivity index (χ4n) is 4.50. The predicted molar refractivity (Wildman–Crippen MR) is 107 cm³/mol. The number of hydrogen-bond donors (Lipinski definition) is 0. The van der Waals surface area contributed by atoms with E-state index in [9.17, 15) is 9.59 Å². The zero-order valence-electron chi connectivity index (χ0n) is 17.0. The van der Waals surface area contributed by atoms with Crippen LogP contribution in [0.3, 0.4) is 0 Å². The summed E-state index contributed by atoms with van der Waals surface area (Å²) in [6, 6.07) is 8.26. The zero-order valence-corrected chi connectivity index (χ0v) is 17.0. The highest BCUT2D eigenvalue weighted by Gasteiger charge is 2.42. The summed E-state index contributed by atoms with van der Waals surface area (Å²) in [6.07, 6.45) is 3.76. The Hall–Kier alpha value is -2.08. The molecule has 1 saturated carbocycles. The number of benzene rings is 1. The van der Waals surface area contributed by atoms with Crippen LogP contribution in [0.2, 0.25) is 0 Å². The molecule has 0 aromatic heterocycles. The van der Waals surface area contributed by atoms with E-state index >= 15 is 0 Å². The van der Waals surface area contributed by atoms with Crippen molar-refractivity contribution in [3.63, 3.8) is 0 Å². The third-order valence-electron chi connectivity index (χ3n) is 6.50. The number of likely N-dealkylation sites (tertiary alicyclic amines) is 1. The number of amides is 2. The third kappa shape index (κ3) is 3.88. The molecule has 1 aromatic carbocycles. The summed E-state index contributed by atoms with van der Waals surface area (Å²) in [5.41, 5.74) is 1.23. The van der Waals surface area contributed by atoms with Crippen molar-refractivity contribution >= 4 is 11.8 Å². The standard InChI is InChI=1S/C22H31N3O3/c1-16(18-5-3-6-19(15-18)28-2)23-11-13-24(14-12-23)22(27)20-7-4-10-25(20)21(26)17-8-9-17/h3,5-6,15-17,20H,4,7-14H2,1-2H3/t16?,20-/m0/s1. The maximum Gasteiger partial charge on any atom is 0.245 e. The average Bonchev–Trinajstić information content (AvgIpc) is 3.48. The molecule has 3 fully saturated rings. The second-order valence-corrected chi connectivity index (χ2v) is 8.28. The highest BCUT2D eigenvalue weighted by Crippen LogP contribution is 2.34. The summed E-state index contributed by atoms with van der Waals surface area (Å²) in [4.78, 5) is 31.8. The Balaban J connectivity index is 1.34. The van der Waals surface area contributed by atoms with E-state index in [0.29, 0.717) is 0 Å². The first-order chi connectivity index (χ1) is 13.6. The van der Waals surface area contributed by atoms with Gasteiger partial charge in [-0.2, -0.15) is 0 Å². The summed E-state index contributed by atoms with van der Waals surface area (Å²) in [5, 5.41) is 0. The fraction of sp³-hybridized carbons (Fsp3) is 0.636. The SMILES string of the molecule is COc1cccc(C(C)N2CCN(C(=O)[C@@H]3CCCN3C(=O)C3CC3)CC2)c1. The van der Waals surface area contributed by atoms with Crippen molar-refractivity contribution in [2.45, 2.75) is 44.7 Å². The van der Waals surface area contributed by atoms with Crippen LogP contribution in [0.4, 0.5) is 0 Å². The molecule has 1 aromatic rings. The number of rotatable bonds is 5. The summed E-state index contributed by atoms with van der Waals surface area (Å²) in [6.45, 7) is 6.13. The Kier molecular flexibility index (Phi) is 5.58. The quantitative estimate of drug-likeness (QED) is 0.781. The zero-order chi connectivity index (χ0) is 19.7. The van der Waals surface area contributed by atoms with Gasteiger partial charge in [-0.3, -0.25) is 14.5 Å². The van der Waals surface area contributed by atoms with Gasteiger partial charge in [-0.05, 0) is 50.3 Å². The van der Waals surface area contributed by atoms with Crippen LogP contribution in [0.1, 0.15) is 44.2 Å². The summed E-state index contributed by atoms with van der Waals surface area (Å²) < 4.78 is 5.34. The number of ether oxygens (including phenoxy) is 1. The van der Waals surface area contributed by atoms with E-state index in [1.807, 2.05) is 21.9 Å². The van der Waals surface area contributed by atoms with Crippen molar-refractivity contribution in [2.75, 3.05) is 39.8 Å². The Morgan fingerprint density at radius 1 is 1.04 bits per heavy atom. The van der Waals surface area contributed by atoms with E-state index in [1.165, 1.54) is 5.56 Å². The predicted octanol–water partition coefficient (Wildman–Crippen LogP) is 2.30. The Labute approximate surface area is 167 Å². The topological polar surface area (TPSA) is 53.1 Å². The van der Waals surface area contributed by atoms with Crippen molar-refractivity contribution in [3.8, 4) is 5.75 Å². The highest BCUT2D eigenvalue weighted by molar-refractivity contribution is 5.90. The Morgan fingerprint density at radius 3 is 2.46 bits per heavy atom. The van der Waals surface area contributed by atoms with Crippen LogP contribution >= 0.6 is 0 Å². The number of carbonyl (C=O) groups is 2. The molecule has 28 heavy (non-hydrogen) atoms. The molecule has 0 radical (unpaired) electrons. The Morgan fingerprint density at radius 2 is 1.79 bits per heavy atom. The molecular formula is C22H31N3O3. The van der Waals surface area contributed by atoms with Crippen molar-refractivity contribution < 1.29 is 14.3 Å². The van der Waals surface area contributed by atoms with Crippen LogP contribution in [0.15, 0.2) is 24.3 Å². The molecule has 152 valence electrons. The maximum atomic E-state index is 13.1. The van der Waals surface area contributed by atoms with Gasteiger partial charge in [0.25, 0.3) is 0 Å². The smallest absolute Gasteiger partial charge is 0.245 e. The monoisotopic (exact) mass is 385 g/mol. The summed E-state index contributed by atoms with van der Waals surface area (Å²) in [7, 11) is 1.69.